The van der Waals surface area contributed by atoms with Crippen molar-refractivity contribution in [2.45, 2.75) is 13.0 Å². The lowest BCUT2D eigenvalue weighted by Gasteiger charge is -2.31. The zero-order valence-electron chi connectivity index (χ0n) is 12.9. The zero-order chi connectivity index (χ0) is 15.7. The second-order valence-corrected chi connectivity index (χ2v) is 6.16. The van der Waals surface area contributed by atoms with Crippen molar-refractivity contribution in [1.29, 1.82) is 0 Å². The van der Waals surface area contributed by atoms with E-state index in [1.807, 2.05) is 12.1 Å². The minimum absolute atomic E-state index is 0.0976. The maximum absolute atomic E-state index is 11.8. The molecular weight excluding hydrogens is 302 g/mol. The van der Waals surface area contributed by atoms with Gasteiger partial charge in [-0.1, -0.05) is 17.4 Å². The maximum Gasteiger partial charge on any atom is 0.250 e. The number of amides is 1. The van der Waals surface area contributed by atoms with Gasteiger partial charge in [-0.2, -0.15) is 0 Å². The molecule has 1 atom stereocenters. The Bertz CT molecular complexity index is 701. The molecular formula is C15H19N3O3S. The number of carbonyl (C=O) groups excluding carboxylic acids is 1. The van der Waals surface area contributed by atoms with Crippen LogP contribution < -0.4 is 15.0 Å². The molecule has 1 fully saturated rings. The number of rotatable bonds is 3. The first-order valence-electron chi connectivity index (χ1n) is 7.16. The van der Waals surface area contributed by atoms with Gasteiger partial charge in [0.2, 0.25) is 0 Å². The molecule has 1 saturated heterocycles. The number of benzene rings is 1. The standard InChI is InChI=1S/C15H19N3O3S/c1-9-4-5-10(20-3)12-13(9)22-15(17-12)18-6-7-21-11(8-18)14(19)16-2/h4-5,11H,6-8H2,1-3H3,(H,16,19). The van der Waals surface area contributed by atoms with Gasteiger partial charge in [0.05, 0.1) is 25.0 Å². The number of ether oxygens (including phenoxy) is 2. The summed E-state index contributed by atoms with van der Waals surface area (Å²) in [5.74, 6) is 0.679. The van der Waals surface area contributed by atoms with E-state index in [-0.39, 0.29) is 5.91 Å². The Morgan fingerprint density at radius 1 is 1.55 bits per heavy atom. The van der Waals surface area contributed by atoms with Gasteiger partial charge >= 0.3 is 0 Å². The topological polar surface area (TPSA) is 63.7 Å². The van der Waals surface area contributed by atoms with Crippen molar-refractivity contribution < 1.29 is 14.3 Å². The number of methoxy groups -OCH3 is 1. The Morgan fingerprint density at radius 2 is 2.36 bits per heavy atom. The minimum Gasteiger partial charge on any atom is -0.494 e. The highest BCUT2D eigenvalue weighted by molar-refractivity contribution is 7.22. The molecule has 0 spiro atoms. The summed E-state index contributed by atoms with van der Waals surface area (Å²) in [4.78, 5) is 18.6. The van der Waals surface area contributed by atoms with Crippen molar-refractivity contribution in [2.24, 2.45) is 0 Å². The van der Waals surface area contributed by atoms with Crippen LogP contribution in [-0.2, 0) is 9.53 Å². The second kappa shape index (κ2) is 6.10. The monoisotopic (exact) mass is 321 g/mol. The van der Waals surface area contributed by atoms with Crippen LogP contribution >= 0.6 is 11.3 Å². The molecule has 2 heterocycles. The Hall–Kier alpha value is -1.86. The molecule has 0 aliphatic carbocycles. The summed E-state index contributed by atoms with van der Waals surface area (Å²) in [5.41, 5.74) is 2.06. The van der Waals surface area contributed by atoms with Gasteiger partial charge in [-0.3, -0.25) is 4.79 Å². The average Bonchev–Trinajstić information content (AvgIpc) is 3.01. The van der Waals surface area contributed by atoms with Gasteiger partial charge in [0.25, 0.3) is 5.91 Å². The summed E-state index contributed by atoms with van der Waals surface area (Å²) in [5, 5.41) is 3.54. The quantitative estimate of drug-likeness (QED) is 0.929. The van der Waals surface area contributed by atoms with Gasteiger partial charge in [0.15, 0.2) is 11.2 Å². The molecule has 0 bridgehead atoms. The Morgan fingerprint density at radius 3 is 3.09 bits per heavy atom. The Labute approximate surface area is 133 Å². The maximum atomic E-state index is 11.8. The SMILES string of the molecule is CNC(=O)C1CN(c2nc3c(OC)ccc(C)c3s2)CCO1. The smallest absolute Gasteiger partial charge is 0.250 e. The first kappa shape index (κ1) is 15.1. The normalized spacial score (nSPS) is 18.5. The van der Waals surface area contributed by atoms with Crippen LogP contribution in [-0.4, -0.2) is 50.8 Å². The molecule has 118 valence electrons. The van der Waals surface area contributed by atoms with E-state index in [1.54, 1.807) is 25.5 Å². The number of likely N-dealkylation sites (N-methyl/N-ethyl adjacent to an activating group) is 1. The number of hydrogen-bond donors (Lipinski definition) is 1. The Kier molecular flexibility index (Phi) is 4.17. The van der Waals surface area contributed by atoms with Crippen molar-refractivity contribution in [1.82, 2.24) is 10.3 Å². The fourth-order valence-electron chi connectivity index (χ4n) is 2.54. The highest BCUT2D eigenvalue weighted by atomic mass is 32.1. The highest BCUT2D eigenvalue weighted by Gasteiger charge is 2.28. The van der Waals surface area contributed by atoms with Gasteiger partial charge in [0.1, 0.15) is 11.3 Å². The van der Waals surface area contributed by atoms with E-state index in [9.17, 15) is 4.79 Å². The molecule has 7 heteroatoms. The molecule has 1 aliphatic heterocycles. The highest BCUT2D eigenvalue weighted by Crippen LogP contribution is 2.36. The average molecular weight is 321 g/mol. The molecule has 6 nitrogen and oxygen atoms in total. The van der Waals surface area contributed by atoms with Crippen molar-refractivity contribution in [3.63, 3.8) is 0 Å². The lowest BCUT2D eigenvalue weighted by molar-refractivity contribution is -0.132. The van der Waals surface area contributed by atoms with E-state index in [0.29, 0.717) is 13.2 Å². The molecule has 1 aliphatic rings. The third-order valence-electron chi connectivity index (χ3n) is 3.79. The predicted octanol–water partition coefficient (Wildman–Crippen LogP) is 1.56. The van der Waals surface area contributed by atoms with E-state index in [1.165, 1.54) is 5.56 Å². The molecule has 2 aromatic rings. The molecule has 1 aromatic carbocycles. The van der Waals surface area contributed by atoms with Crippen LogP contribution in [0.2, 0.25) is 0 Å². The van der Waals surface area contributed by atoms with Crippen LogP contribution in [0.1, 0.15) is 5.56 Å². The zero-order valence-corrected chi connectivity index (χ0v) is 13.7. The minimum atomic E-state index is -0.450. The fourth-order valence-corrected chi connectivity index (χ4v) is 3.63. The van der Waals surface area contributed by atoms with Crippen molar-refractivity contribution in [2.75, 3.05) is 38.8 Å². The first-order valence-corrected chi connectivity index (χ1v) is 7.98. The third-order valence-corrected chi connectivity index (χ3v) is 5.04. The van der Waals surface area contributed by atoms with Crippen molar-refractivity contribution in [3.8, 4) is 5.75 Å². The molecule has 3 rings (SSSR count). The van der Waals surface area contributed by atoms with E-state index in [2.05, 4.69) is 17.1 Å². The van der Waals surface area contributed by atoms with Gasteiger partial charge in [-0.05, 0) is 18.6 Å². The van der Waals surface area contributed by atoms with Crippen LogP contribution in [0.5, 0.6) is 5.75 Å². The lowest BCUT2D eigenvalue weighted by Crippen LogP contribution is -2.49. The molecule has 22 heavy (non-hydrogen) atoms. The fraction of sp³-hybridized carbons (Fsp3) is 0.467. The third kappa shape index (κ3) is 2.62. The number of nitrogens with one attached hydrogen (secondary N) is 1. The van der Waals surface area contributed by atoms with Crippen LogP contribution in [0.4, 0.5) is 5.13 Å². The summed E-state index contributed by atoms with van der Waals surface area (Å²) in [6, 6.07) is 3.98. The number of carbonyl (C=O) groups is 1. The summed E-state index contributed by atoms with van der Waals surface area (Å²) in [6.07, 6.45) is -0.450. The molecule has 1 N–H and O–H groups in total. The van der Waals surface area contributed by atoms with Crippen LogP contribution in [0.15, 0.2) is 12.1 Å². The van der Waals surface area contributed by atoms with E-state index >= 15 is 0 Å². The first-order chi connectivity index (χ1) is 10.6. The number of morpholine rings is 1. The van der Waals surface area contributed by atoms with Gasteiger partial charge in [0, 0.05) is 13.6 Å². The summed E-state index contributed by atoms with van der Waals surface area (Å²) in [6.45, 7) is 3.83. The number of aromatic nitrogens is 1. The lowest BCUT2D eigenvalue weighted by atomic mass is 10.2. The molecule has 1 aromatic heterocycles. The van der Waals surface area contributed by atoms with Crippen molar-refractivity contribution in [3.05, 3.63) is 17.7 Å². The predicted molar refractivity (Wildman–Crippen MR) is 86.9 cm³/mol. The Balaban J connectivity index is 1.93. The largest absolute Gasteiger partial charge is 0.494 e. The molecule has 1 unspecified atom stereocenters. The van der Waals surface area contributed by atoms with E-state index in [4.69, 9.17) is 14.5 Å². The molecule has 0 radical (unpaired) electrons. The van der Waals surface area contributed by atoms with Crippen LogP contribution in [0.3, 0.4) is 0 Å². The van der Waals surface area contributed by atoms with Gasteiger partial charge < -0.3 is 19.7 Å². The van der Waals surface area contributed by atoms with E-state index < -0.39 is 6.10 Å². The number of fused-ring (bicyclic) bond motifs is 1. The van der Waals surface area contributed by atoms with Crippen molar-refractivity contribution >= 4 is 32.6 Å². The summed E-state index contributed by atoms with van der Waals surface area (Å²) < 4.78 is 12.0. The summed E-state index contributed by atoms with van der Waals surface area (Å²) >= 11 is 1.63. The second-order valence-electron chi connectivity index (χ2n) is 5.18. The number of anilines is 1. The summed E-state index contributed by atoms with van der Waals surface area (Å²) in [7, 11) is 3.27. The van der Waals surface area contributed by atoms with E-state index in [0.717, 1.165) is 27.6 Å². The number of hydrogen-bond acceptors (Lipinski definition) is 6. The molecule has 1 amide bonds. The number of thiazole rings is 1. The van der Waals surface area contributed by atoms with Crippen LogP contribution in [0.25, 0.3) is 10.2 Å². The number of nitrogens with zero attached hydrogens (tertiary/aromatic N) is 2. The number of aryl methyl sites for hydroxylation is 1. The van der Waals surface area contributed by atoms with Crippen LogP contribution in [0, 0.1) is 6.92 Å². The van der Waals surface area contributed by atoms with Gasteiger partial charge in [-0.15, -0.1) is 0 Å². The molecule has 0 saturated carbocycles. The van der Waals surface area contributed by atoms with Gasteiger partial charge in [-0.25, -0.2) is 4.98 Å².